The van der Waals surface area contributed by atoms with Crippen molar-refractivity contribution >= 4 is 17.7 Å². The van der Waals surface area contributed by atoms with Gasteiger partial charge in [-0.3, -0.25) is 4.79 Å². The van der Waals surface area contributed by atoms with E-state index in [0.29, 0.717) is 12.2 Å². The molecule has 0 bridgehead atoms. The number of nitrogens with zero attached hydrogens (tertiary/aromatic N) is 2. The van der Waals surface area contributed by atoms with Crippen LogP contribution in [0.15, 0.2) is 48.3 Å². The maximum atomic E-state index is 11.9. The molecule has 0 spiro atoms. The van der Waals surface area contributed by atoms with Crippen LogP contribution in [-0.2, 0) is 23.7 Å². The lowest BCUT2D eigenvalue weighted by atomic mass is 10.2. The Kier molecular flexibility index (Phi) is 6.43. The van der Waals surface area contributed by atoms with Crippen LogP contribution in [-0.4, -0.2) is 27.1 Å². The predicted molar refractivity (Wildman–Crippen MR) is 92.1 cm³/mol. The quantitative estimate of drug-likeness (QED) is 0.575. The van der Waals surface area contributed by atoms with Crippen LogP contribution < -0.4 is 5.32 Å². The first-order valence-corrected chi connectivity index (χ1v) is 8.33. The van der Waals surface area contributed by atoms with Gasteiger partial charge in [-0.2, -0.15) is 0 Å². The molecule has 0 saturated heterocycles. The van der Waals surface area contributed by atoms with Gasteiger partial charge in [-0.05, 0) is 12.5 Å². The van der Waals surface area contributed by atoms with Gasteiger partial charge in [0.2, 0.25) is 5.91 Å². The molecule has 122 valence electrons. The molecular weight excluding hydrogens is 310 g/mol. The second-order valence-electron chi connectivity index (χ2n) is 5.14. The van der Waals surface area contributed by atoms with E-state index in [9.17, 15) is 9.90 Å². The summed E-state index contributed by atoms with van der Waals surface area (Å²) >= 11 is 1.55. The number of nitrogens with one attached hydrogen (secondary N) is 1. The lowest BCUT2D eigenvalue weighted by molar-refractivity contribution is -0.121. The number of hydrogen-bond acceptors (Lipinski definition) is 4. The summed E-state index contributed by atoms with van der Waals surface area (Å²) in [7, 11) is 0. The number of aryl methyl sites for hydroxylation is 1. The molecule has 0 aliphatic rings. The predicted octanol–water partition coefficient (Wildman–Crippen LogP) is 2.28. The average Bonchev–Trinajstić information content (AvgIpc) is 2.94. The molecule has 2 rings (SSSR count). The minimum absolute atomic E-state index is 0.130. The molecule has 1 amide bonds. The van der Waals surface area contributed by atoms with Crippen molar-refractivity contribution < 1.29 is 9.90 Å². The van der Waals surface area contributed by atoms with Crippen LogP contribution in [0.4, 0.5) is 0 Å². The molecule has 0 saturated carbocycles. The third-order valence-corrected chi connectivity index (χ3v) is 4.36. The van der Waals surface area contributed by atoms with E-state index in [-0.39, 0.29) is 19.1 Å². The number of benzene rings is 1. The molecule has 0 aliphatic carbocycles. The van der Waals surface area contributed by atoms with Crippen LogP contribution >= 0.6 is 11.8 Å². The van der Waals surface area contributed by atoms with Crippen LogP contribution in [0.25, 0.3) is 0 Å². The van der Waals surface area contributed by atoms with Crippen molar-refractivity contribution in [1.29, 1.82) is 0 Å². The Morgan fingerprint density at radius 2 is 2.17 bits per heavy atom. The third-order valence-electron chi connectivity index (χ3n) is 3.30. The number of carbonyl (C=O) groups is 1. The van der Waals surface area contributed by atoms with Gasteiger partial charge in [0.15, 0.2) is 5.16 Å². The van der Waals surface area contributed by atoms with Crippen molar-refractivity contribution in [1.82, 2.24) is 14.9 Å². The van der Waals surface area contributed by atoms with E-state index in [0.717, 1.165) is 10.9 Å². The summed E-state index contributed by atoms with van der Waals surface area (Å²) < 4.78 is 1.75. The lowest BCUT2D eigenvalue weighted by Crippen LogP contribution is -2.28. The summed E-state index contributed by atoms with van der Waals surface area (Å²) in [5.74, 6) is 0.631. The zero-order valence-electron chi connectivity index (χ0n) is 13.2. The van der Waals surface area contributed by atoms with Crippen LogP contribution in [0.1, 0.15) is 16.8 Å². The highest BCUT2D eigenvalue weighted by Gasteiger charge is 2.13. The molecule has 0 atom stereocenters. The Balaban J connectivity index is 2.06. The molecular formula is C17H21N3O2S. The number of aliphatic hydroxyl groups excluding tert-OH is 1. The van der Waals surface area contributed by atoms with Gasteiger partial charge in [-0.25, -0.2) is 4.98 Å². The van der Waals surface area contributed by atoms with Crippen molar-refractivity contribution in [2.45, 2.75) is 31.0 Å². The van der Waals surface area contributed by atoms with E-state index < -0.39 is 0 Å². The van der Waals surface area contributed by atoms with E-state index in [4.69, 9.17) is 0 Å². The normalized spacial score (nSPS) is 10.5. The van der Waals surface area contributed by atoms with Crippen LogP contribution in [0.3, 0.4) is 0 Å². The zero-order valence-corrected chi connectivity index (χ0v) is 14.0. The van der Waals surface area contributed by atoms with Crippen molar-refractivity contribution in [3.8, 4) is 0 Å². The number of amides is 1. The molecule has 0 aliphatic heterocycles. The standard InChI is InChI=1S/C17H21N3O2S/c1-3-8-18-16(22)10-20-15(11-21)9-19-17(20)23-12-14-6-4-13(2)5-7-14/h3-7,9,21H,1,8,10-12H2,2H3,(H,18,22). The largest absolute Gasteiger partial charge is 0.390 e. The molecule has 0 fully saturated rings. The van der Waals surface area contributed by atoms with Gasteiger partial charge in [0.05, 0.1) is 18.5 Å². The Labute approximate surface area is 140 Å². The molecule has 5 nitrogen and oxygen atoms in total. The lowest BCUT2D eigenvalue weighted by Gasteiger charge is -2.10. The summed E-state index contributed by atoms with van der Waals surface area (Å²) in [5, 5.41) is 12.9. The summed E-state index contributed by atoms with van der Waals surface area (Å²) in [5.41, 5.74) is 3.05. The van der Waals surface area contributed by atoms with Crippen molar-refractivity contribution in [2.24, 2.45) is 0 Å². The molecule has 23 heavy (non-hydrogen) atoms. The minimum Gasteiger partial charge on any atom is -0.390 e. The van der Waals surface area contributed by atoms with E-state index in [1.165, 1.54) is 11.1 Å². The first-order chi connectivity index (χ1) is 11.1. The molecule has 0 radical (unpaired) electrons. The summed E-state index contributed by atoms with van der Waals surface area (Å²) in [6.45, 7) is 6.04. The first-order valence-electron chi connectivity index (χ1n) is 7.35. The molecule has 6 heteroatoms. The van der Waals surface area contributed by atoms with E-state index >= 15 is 0 Å². The summed E-state index contributed by atoms with van der Waals surface area (Å²) in [4.78, 5) is 16.2. The SMILES string of the molecule is C=CCNC(=O)Cn1c(CO)cnc1SCc1ccc(C)cc1. The van der Waals surface area contributed by atoms with Gasteiger partial charge >= 0.3 is 0 Å². The van der Waals surface area contributed by atoms with Crippen LogP contribution in [0.2, 0.25) is 0 Å². The van der Waals surface area contributed by atoms with E-state index in [2.05, 4.69) is 48.1 Å². The minimum atomic E-state index is -0.146. The first kappa shape index (κ1) is 17.3. The number of aliphatic hydroxyl groups is 1. The number of hydrogen-bond donors (Lipinski definition) is 2. The van der Waals surface area contributed by atoms with Crippen molar-refractivity contribution in [3.63, 3.8) is 0 Å². The number of thioether (sulfide) groups is 1. The Bertz CT molecular complexity index is 665. The van der Waals surface area contributed by atoms with Crippen LogP contribution in [0, 0.1) is 6.92 Å². The number of carbonyl (C=O) groups excluding carboxylic acids is 1. The van der Waals surface area contributed by atoms with Gasteiger partial charge in [0.25, 0.3) is 0 Å². The molecule has 2 N–H and O–H groups in total. The summed E-state index contributed by atoms with van der Waals surface area (Å²) in [6, 6.07) is 8.31. The maximum Gasteiger partial charge on any atom is 0.240 e. The van der Waals surface area contributed by atoms with E-state index in [1.807, 2.05) is 0 Å². The Hall–Kier alpha value is -2.05. The highest BCUT2D eigenvalue weighted by atomic mass is 32.2. The fourth-order valence-corrected chi connectivity index (χ4v) is 2.97. The Morgan fingerprint density at radius 1 is 1.43 bits per heavy atom. The van der Waals surface area contributed by atoms with Gasteiger partial charge in [0.1, 0.15) is 6.54 Å². The summed E-state index contributed by atoms with van der Waals surface area (Å²) in [6.07, 6.45) is 3.24. The third kappa shape index (κ3) is 4.97. The number of rotatable bonds is 8. The highest BCUT2D eigenvalue weighted by molar-refractivity contribution is 7.98. The van der Waals surface area contributed by atoms with Crippen molar-refractivity contribution in [2.75, 3.05) is 6.54 Å². The van der Waals surface area contributed by atoms with Gasteiger partial charge in [0, 0.05) is 12.3 Å². The number of aromatic nitrogens is 2. The van der Waals surface area contributed by atoms with Gasteiger partial charge in [-0.1, -0.05) is 47.7 Å². The van der Waals surface area contributed by atoms with Crippen LogP contribution in [0.5, 0.6) is 0 Å². The average molecular weight is 331 g/mol. The van der Waals surface area contributed by atoms with E-state index in [1.54, 1.807) is 28.6 Å². The molecule has 1 aromatic heterocycles. The maximum absolute atomic E-state index is 11.9. The zero-order chi connectivity index (χ0) is 16.7. The molecule has 1 heterocycles. The van der Waals surface area contributed by atoms with Gasteiger partial charge < -0.3 is 15.0 Å². The molecule has 0 unspecified atom stereocenters. The topological polar surface area (TPSA) is 67.2 Å². The fraction of sp³-hybridized carbons (Fsp3) is 0.294. The van der Waals surface area contributed by atoms with Gasteiger partial charge in [-0.15, -0.1) is 6.58 Å². The smallest absolute Gasteiger partial charge is 0.240 e. The monoisotopic (exact) mass is 331 g/mol. The molecule has 2 aromatic rings. The fourth-order valence-electron chi connectivity index (χ4n) is 2.02. The Morgan fingerprint density at radius 3 is 2.83 bits per heavy atom. The highest BCUT2D eigenvalue weighted by Crippen LogP contribution is 2.23. The second-order valence-corrected chi connectivity index (χ2v) is 6.09. The molecule has 1 aromatic carbocycles. The number of imidazole rings is 1. The second kappa shape index (κ2) is 8.55. The van der Waals surface area contributed by atoms with Crippen molar-refractivity contribution in [3.05, 3.63) is 59.9 Å².